The average molecular weight is 263 g/mol. The highest BCUT2D eigenvalue weighted by Crippen LogP contribution is 2.16. The molecule has 3 heteroatoms. The Labute approximate surface area is 118 Å². The summed E-state index contributed by atoms with van der Waals surface area (Å²) in [5.74, 6) is 0. The van der Waals surface area contributed by atoms with E-state index in [9.17, 15) is 0 Å². The lowest BCUT2D eigenvalue weighted by Crippen LogP contribution is -2.41. The lowest BCUT2D eigenvalue weighted by Gasteiger charge is -2.26. The summed E-state index contributed by atoms with van der Waals surface area (Å²) in [5, 5.41) is 7.02. The van der Waals surface area contributed by atoms with Gasteiger partial charge in [-0.05, 0) is 40.4 Å². The topological polar surface area (TPSA) is 27.3 Å². The SMILES string of the molecule is CN(C)C(CNCCNC(C)(C)C)c1ccccc1. The van der Waals surface area contributed by atoms with E-state index in [0.717, 1.165) is 19.6 Å². The third kappa shape index (κ3) is 6.71. The van der Waals surface area contributed by atoms with Crippen molar-refractivity contribution < 1.29 is 0 Å². The fraction of sp³-hybridized carbons (Fsp3) is 0.625. The van der Waals surface area contributed by atoms with Crippen molar-refractivity contribution in [1.82, 2.24) is 15.5 Å². The molecule has 0 aromatic heterocycles. The number of hydrogen-bond donors (Lipinski definition) is 2. The zero-order valence-corrected chi connectivity index (χ0v) is 13.0. The number of hydrogen-bond acceptors (Lipinski definition) is 3. The first-order valence-electron chi connectivity index (χ1n) is 7.07. The van der Waals surface area contributed by atoms with Crippen LogP contribution in [0.1, 0.15) is 32.4 Å². The molecule has 0 spiro atoms. The summed E-state index contributed by atoms with van der Waals surface area (Å²) in [6, 6.07) is 11.1. The van der Waals surface area contributed by atoms with Crippen molar-refractivity contribution in [2.24, 2.45) is 0 Å². The number of rotatable bonds is 7. The maximum atomic E-state index is 3.53. The maximum absolute atomic E-state index is 3.53. The van der Waals surface area contributed by atoms with Crippen LogP contribution in [-0.4, -0.2) is 44.2 Å². The molecular formula is C16H29N3. The zero-order valence-electron chi connectivity index (χ0n) is 13.0. The van der Waals surface area contributed by atoms with Crippen molar-refractivity contribution >= 4 is 0 Å². The molecule has 108 valence electrons. The molecule has 0 aliphatic rings. The lowest BCUT2D eigenvalue weighted by molar-refractivity contribution is 0.287. The molecule has 1 aromatic rings. The molecule has 0 saturated heterocycles. The van der Waals surface area contributed by atoms with E-state index in [2.05, 4.69) is 80.7 Å². The van der Waals surface area contributed by atoms with E-state index in [1.807, 2.05) is 0 Å². The fourth-order valence-corrected chi connectivity index (χ4v) is 2.04. The van der Waals surface area contributed by atoms with Gasteiger partial charge in [0.2, 0.25) is 0 Å². The largest absolute Gasteiger partial charge is 0.314 e. The van der Waals surface area contributed by atoms with Crippen molar-refractivity contribution in [3.63, 3.8) is 0 Å². The van der Waals surface area contributed by atoms with Gasteiger partial charge in [-0.1, -0.05) is 30.3 Å². The van der Waals surface area contributed by atoms with Crippen LogP contribution in [0.25, 0.3) is 0 Å². The summed E-state index contributed by atoms with van der Waals surface area (Å²) < 4.78 is 0. The molecule has 0 amide bonds. The summed E-state index contributed by atoms with van der Waals surface area (Å²) in [6.07, 6.45) is 0. The quantitative estimate of drug-likeness (QED) is 0.739. The van der Waals surface area contributed by atoms with Gasteiger partial charge in [0, 0.05) is 31.2 Å². The first-order valence-corrected chi connectivity index (χ1v) is 7.07. The van der Waals surface area contributed by atoms with Gasteiger partial charge in [-0.15, -0.1) is 0 Å². The minimum absolute atomic E-state index is 0.196. The van der Waals surface area contributed by atoms with Crippen LogP contribution in [0.5, 0.6) is 0 Å². The minimum Gasteiger partial charge on any atom is -0.314 e. The van der Waals surface area contributed by atoms with Crippen LogP contribution < -0.4 is 10.6 Å². The monoisotopic (exact) mass is 263 g/mol. The Morgan fingerprint density at radius 2 is 1.68 bits per heavy atom. The molecule has 0 saturated carbocycles. The Balaban J connectivity index is 2.36. The molecule has 1 atom stereocenters. The predicted octanol–water partition coefficient (Wildman–Crippen LogP) is 2.27. The Morgan fingerprint density at radius 1 is 1.05 bits per heavy atom. The molecule has 0 bridgehead atoms. The lowest BCUT2D eigenvalue weighted by atomic mass is 10.1. The highest BCUT2D eigenvalue weighted by atomic mass is 15.1. The number of nitrogens with zero attached hydrogens (tertiary/aromatic N) is 1. The van der Waals surface area contributed by atoms with Crippen molar-refractivity contribution in [3.8, 4) is 0 Å². The summed E-state index contributed by atoms with van der Waals surface area (Å²) in [7, 11) is 4.26. The molecule has 0 fully saturated rings. The molecule has 3 nitrogen and oxygen atoms in total. The predicted molar refractivity (Wildman–Crippen MR) is 83.5 cm³/mol. The average Bonchev–Trinajstić information content (AvgIpc) is 2.33. The fourth-order valence-electron chi connectivity index (χ4n) is 2.04. The van der Waals surface area contributed by atoms with Crippen molar-refractivity contribution in [3.05, 3.63) is 35.9 Å². The summed E-state index contributed by atoms with van der Waals surface area (Å²) in [6.45, 7) is 9.55. The molecule has 1 aromatic carbocycles. The molecular weight excluding hydrogens is 234 g/mol. The van der Waals surface area contributed by atoms with Crippen LogP contribution in [0.2, 0.25) is 0 Å². The van der Waals surface area contributed by atoms with E-state index in [0.29, 0.717) is 6.04 Å². The van der Waals surface area contributed by atoms with Gasteiger partial charge >= 0.3 is 0 Å². The normalized spacial score (nSPS) is 13.8. The molecule has 2 N–H and O–H groups in total. The van der Waals surface area contributed by atoms with Crippen molar-refractivity contribution in [2.75, 3.05) is 33.7 Å². The minimum atomic E-state index is 0.196. The van der Waals surface area contributed by atoms with Crippen molar-refractivity contribution in [1.29, 1.82) is 0 Å². The Kier molecular flexibility index (Phi) is 6.49. The maximum Gasteiger partial charge on any atom is 0.0466 e. The molecule has 0 heterocycles. The van der Waals surface area contributed by atoms with E-state index in [1.54, 1.807) is 0 Å². The number of nitrogens with one attached hydrogen (secondary N) is 2. The van der Waals surface area contributed by atoms with Gasteiger partial charge in [0.15, 0.2) is 0 Å². The van der Waals surface area contributed by atoms with Crippen LogP contribution in [0.3, 0.4) is 0 Å². The third-order valence-electron chi connectivity index (χ3n) is 3.10. The number of likely N-dealkylation sites (N-methyl/N-ethyl adjacent to an activating group) is 1. The smallest absolute Gasteiger partial charge is 0.0466 e. The van der Waals surface area contributed by atoms with Gasteiger partial charge in [-0.25, -0.2) is 0 Å². The van der Waals surface area contributed by atoms with E-state index in [4.69, 9.17) is 0 Å². The van der Waals surface area contributed by atoms with Crippen LogP contribution in [-0.2, 0) is 0 Å². The highest BCUT2D eigenvalue weighted by molar-refractivity contribution is 5.19. The number of benzene rings is 1. The summed E-state index contributed by atoms with van der Waals surface area (Å²) >= 11 is 0. The summed E-state index contributed by atoms with van der Waals surface area (Å²) in [4.78, 5) is 2.26. The van der Waals surface area contributed by atoms with Crippen LogP contribution in [0, 0.1) is 0 Å². The van der Waals surface area contributed by atoms with Gasteiger partial charge in [0.1, 0.15) is 0 Å². The van der Waals surface area contributed by atoms with Gasteiger partial charge < -0.3 is 15.5 Å². The second-order valence-corrected chi connectivity index (χ2v) is 6.27. The van der Waals surface area contributed by atoms with Gasteiger partial charge in [-0.3, -0.25) is 0 Å². The van der Waals surface area contributed by atoms with E-state index < -0.39 is 0 Å². The standard InChI is InChI=1S/C16H29N3/c1-16(2,3)18-12-11-17-13-15(19(4)5)14-9-7-6-8-10-14/h6-10,15,17-18H,11-13H2,1-5H3. The molecule has 19 heavy (non-hydrogen) atoms. The summed E-state index contributed by atoms with van der Waals surface area (Å²) in [5.41, 5.74) is 1.56. The molecule has 0 aliphatic carbocycles. The Morgan fingerprint density at radius 3 is 2.21 bits per heavy atom. The third-order valence-corrected chi connectivity index (χ3v) is 3.10. The Hall–Kier alpha value is -0.900. The molecule has 0 aliphatic heterocycles. The van der Waals surface area contributed by atoms with Crippen LogP contribution >= 0.6 is 0 Å². The second kappa shape index (κ2) is 7.63. The second-order valence-electron chi connectivity index (χ2n) is 6.27. The first-order chi connectivity index (χ1) is 8.90. The van der Waals surface area contributed by atoms with Crippen molar-refractivity contribution in [2.45, 2.75) is 32.4 Å². The first kappa shape index (κ1) is 16.2. The van der Waals surface area contributed by atoms with E-state index in [1.165, 1.54) is 5.56 Å². The van der Waals surface area contributed by atoms with E-state index >= 15 is 0 Å². The van der Waals surface area contributed by atoms with Crippen LogP contribution in [0.4, 0.5) is 0 Å². The van der Waals surface area contributed by atoms with Gasteiger partial charge in [-0.2, -0.15) is 0 Å². The zero-order chi connectivity index (χ0) is 14.3. The molecule has 1 unspecified atom stereocenters. The Bertz CT molecular complexity index is 341. The van der Waals surface area contributed by atoms with Gasteiger partial charge in [0.05, 0.1) is 0 Å². The van der Waals surface area contributed by atoms with Crippen LogP contribution in [0.15, 0.2) is 30.3 Å². The molecule has 1 rings (SSSR count). The van der Waals surface area contributed by atoms with E-state index in [-0.39, 0.29) is 5.54 Å². The highest BCUT2D eigenvalue weighted by Gasteiger charge is 2.13. The molecule has 0 radical (unpaired) electrons. The van der Waals surface area contributed by atoms with Gasteiger partial charge in [0.25, 0.3) is 0 Å².